The lowest BCUT2D eigenvalue weighted by molar-refractivity contribution is -0.498. The second kappa shape index (κ2) is 5.27. The molecule has 110 valence electrons. The van der Waals surface area contributed by atoms with Crippen molar-refractivity contribution in [2.24, 2.45) is 4.99 Å². The molecule has 1 N–H and O–H groups in total. The van der Waals surface area contributed by atoms with Crippen molar-refractivity contribution < 1.29 is 18.9 Å². The van der Waals surface area contributed by atoms with Crippen LogP contribution in [0.3, 0.4) is 0 Å². The van der Waals surface area contributed by atoms with Crippen LogP contribution >= 0.6 is 0 Å². The van der Waals surface area contributed by atoms with Crippen LogP contribution < -0.4 is 0 Å². The summed E-state index contributed by atoms with van der Waals surface area (Å²) in [6.45, 7) is 1.23. The number of ketones is 1. The van der Waals surface area contributed by atoms with Crippen LogP contribution in [0.25, 0.3) is 0 Å². The Labute approximate surface area is 122 Å². The number of aliphatic imine (C=N–C) groups is 1. The normalized spacial score (nSPS) is 19.0. The highest BCUT2D eigenvalue weighted by molar-refractivity contribution is 6.52. The van der Waals surface area contributed by atoms with Crippen molar-refractivity contribution in [2.75, 3.05) is 27.2 Å². The van der Waals surface area contributed by atoms with Crippen LogP contribution in [0.15, 0.2) is 11.2 Å². The Balaban J connectivity index is 1.90. The first-order chi connectivity index (χ1) is 10.1. The number of ether oxygens (including phenoxy) is 1. The first kappa shape index (κ1) is 13.7. The number of rotatable bonds is 3. The Morgan fingerprint density at radius 3 is 3.10 bits per heavy atom. The fourth-order valence-electron chi connectivity index (χ4n) is 2.90. The van der Waals surface area contributed by atoms with E-state index in [0.29, 0.717) is 17.8 Å². The van der Waals surface area contributed by atoms with Crippen molar-refractivity contribution in [1.82, 2.24) is 4.98 Å². The second-order valence-corrected chi connectivity index (χ2v) is 5.34. The molecule has 1 aliphatic heterocycles. The third-order valence-electron chi connectivity index (χ3n) is 4.10. The molecular formula is C15H18N3O3+. The zero-order valence-corrected chi connectivity index (χ0v) is 12.2. The highest BCUT2D eigenvalue weighted by atomic mass is 16.5. The van der Waals surface area contributed by atoms with E-state index in [4.69, 9.17) is 0 Å². The third kappa shape index (κ3) is 2.30. The van der Waals surface area contributed by atoms with Crippen LogP contribution in [0.1, 0.15) is 34.5 Å². The number of hydrogen-bond acceptors (Lipinski definition) is 4. The van der Waals surface area contributed by atoms with Gasteiger partial charge >= 0.3 is 5.97 Å². The number of H-pyrrole nitrogens is 1. The van der Waals surface area contributed by atoms with Crippen molar-refractivity contribution in [3.05, 3.63) is 23.0 Å². The van der Waals surface area contributed by atoms with Crippen molar-refractivity contribution in [3.8, 4) is 0 Å². The maximum atomic E-state index is 12.5. The van der Waals surface area contributed by atoms with Crippen LogP contribution in [0.5, 0.6) is 0 Å². The number of esters is 1. The van der Waals surface area contributed by atoms with Gasteiger partial charge in [0, 0.05) is 19.2 Å². The largest absolute Gasteiger partial charge is 0.469 e. The van der Waals surface area contributed by atoms with Crippen molar-refractivity contribution in [3.63, 3.8) is 0 Å². The van der Waals surface area contributed by atoms with Crippen molar-refractivity contribution >= 4 is 23.2 Å². The molecule has 0 amide bonds. The molecule has 6 nitrogen and oxygen atoms in total. The van der Waals surface area contributed by atoms with E-state index in [1.165, 1.54) is 12.7 Å². The number of Topliss-reactive ketones (excluding diaryl/α,β-unsaturated/α-hetero) is 1. The Bertz CT molecular complexity index is 682. The van der Waals surface area contributed by atoms with E-state index in [1.807, 2.05) is 13.2 Å². The average Bonchev–Trinajstić information content (AvgIpc) is 2.91. The van der Waals surface area contributed by atoms with Gasteiger partial charge in [0.1, 0.15) is 19.3 Å². The highest BCUT2D eigenvalue weighted by Gasteiger charge is 2.37. The number of carbonyl (C=O) groups is 2. The summed E-state index contributed by atoms with van der Waals surface area (Å²) in [5.74, 6) is -0.368. The summed E-state index contributed by atoms with van der Waals surface area (Å²) < 4.78 is 6.76. The van der Waals surface area contributed by atoms with Gasteiger partial charge in [0.2, 0.25) is 5.78 Å². The number of nitrogens with one attached hydrogen (secondary N) is 1. The summed E-state index contributed by atoms with van der Waals surface area (Å²) >= 11 is 0. The number of aromatic nitrogens is 1. The number of nitrogens with zero attached hydrogens (tertiary/aromatic N) is 2. The Morgan fingerprint density at radius 2 is 2.33 bits per heavy atom. The first-order valence-corrected chi connectivity index (χ1v) is 7.04. The van der Waals surface area contributed by atoms with E-state index in [1.54, 1.807) is 0 Å². The predicted molar refractivity (Wildman–Crippen MR) is 77.5 cm³/mol. The second-order valence-electron chi connectivity index (χ2n) is 5.34. The van der Waals surface area contributed by atoms with Crippen LogP contribution in [0.4, 0.5) is 0 Å². The molecule has 1 aliphatic carbocycles. The molecule has 3 rings (SSSR count). The number of carbonyl (C=O) groups excluding carboxylic acids is 2. The van der Waals surface area contributed by atoms with Crippen LogP contribution in [0.2, 0.25) is 0 Å². The minimum Gasteiger partial charge on any atom is -0.469 e. The number of hydrogen-bond donors (Lipinski definition) is 1. The predicted octanol–water partition coefficient (Wildman–Crippen LogP) is 0.593. The van der Waals surface area contributed by atoms with Gasteiger partial charge in [-0.05, 0) is 5.56 Å². The van der Waals surface area contributed by atoms with E-state index in [2.05, 4.69) is 19.3 Å². The van der Waals surface area contributed by atoms with Crippen molar-refractivity contribution in [2.45, 2.75) is 19.3 Å². The minimum absolute atomic E-state index is 0.0554. The van der Waals surface area contributed by atoms with Gasteiger partial charge in [0.25, 0.3) is 0 Å². The van der Waals surface area contributed by atoms with Gasteiger partial charge in [-0.1, -0.05) is 0 Å². The molecule has 1 aromatic rings. The zero-order chi connectivity index (χ0) is 15.0. The fourth-order valence-corrected chi connectivity index (χ4v) is 2.90. The molecule has 2 aliphatic rings. The van der Waals surface area contributed by atoms with Crippen molar-refractivity contribution in [1.29, 1.82) is 0 Å². The standard InChI is InChI=1S/C15H17N3O3/c1-18-6-4-9-8-17-14-13(9)11(18)7-10(15(14)20)16-5-3-12(19)21-2/h8H,3-7H2,1-2H3/p+1. The van der Waals surface area contributed by atoms with Gasteiger partial charge in [0.15, 0.2) is 5.71 Å². The summed E-state index contributed by atoms with van der Waals surface area (Å²) in [5.41, 5.74) is 4.56. The molecule has 0 saturated heterocycles. The minimum atomic E-state index is -0.312. The van der Waals surface area contributed by atoms with E-state index in [-0.39, 0.29) is 24.7 Å². The van der Waals surface area contributed by atoms with Gasteiger partial charge in [-0.2, -0.15) is 0 Å². The van der Waals surface area contributed by atoms with E-state index >= 15 is 0 Å². The molecule has 0 unspecified atom stereocenters. The molecule has 0 spiro atoms. The Hall–Kier alpha value is -2.24. The third-order valence-corrected chi connectivity index (χ3v) is 4.10. The fraction of sp³-hybridized carbons (Fsp3) is 0.467. The summed E-state index contributed by atoms with van der Waals surface area (Å²) in [4.78, 5) is 31.0. The molecule has 6 heteroatoms. The summed E-state index contributed by atoms with van der Waals surface area (Å²) in [5, 5.41) is 0. The molecule has 0 saturated carbocycles. The first-order valence-electron chi connectivity index (χ1n) is 7.04. The van der Waals surface area contributed by atoms with Crippen LogP contribution in [0, 0.1) is 0 Å². The lowest BCUT2D eigenvalue weighted by Crippen LogP contribution is -2.36. The molecule has 1 aromatic heterocycles. The zero-order valence-electron chi connectivity index (χ0n) is 12.2. The monoisotopic (exact) mass is 288 g/mol. The summed E-state index contributed by atoms with van der Waals surface area (Å²) in [7, 11) is 3.39. The summed E-state index contributed by atoms with van der Waals surface area (Å²) in [6, 6.07) is 0. The van der Waals surface area contributed by atoms with Gasteiger partial charge in [-0.3, -0.25) is 14.6 Å². The van der Waals surface area contributed by atoms with Gasteiger partial charge in [-0.25, -0.2) is 4.58 Å². The lowest BCUT2D eigenvalue weighted by Gasteiger charge is -2.19. The van der Waals surface area contributed by atoms with E-state index in [0.717, 1.165) is 24.2 Å². The molecule has 0 radical (unpaired) electrons. The average molecular weight is 288 g/mol. The number of aromatic amines is 1. The SMILES string of the molecule is COC(=O)CCN=C1CC2=[N+](C)CCc3c[nH]c(c32)C1=O. The molecule has 21 heavy (non-hydrogen) atoms. The molecule has 0 aromatic carbocycles. The summed E-state index contributed by atoms with van der Waals surface area (Å²) in [6.07, 6.45) is 3.61. The van der Waals surface area contributed by atoms with Crippen LogP contribution in [-0.4, -0.2) is 60.0 Å². The lowest BCUT2D eigenvalue weighted by atomic mass is 9.87. The Morgan fingerprint density at radius 1 is 1.52 bits per heavy atom. The molecule has 0 fully saturated rings. The van der Waals surface area contributed by atoms with E-state index < -0.39 is 0 Å². The molecule has 0 bridgehead atoms. The molecule has 0 atom stereocenters. The Kier molecular flexibility index (Phi) is 3.45. The molecule has 2 heterocycles. The quantitative estimate of drug-likeness (QED) is 0.653. The topological polar surface area (TPSA) is 74.5 Å². The number of methoxy groups -OCH3 is 1. The maximum absolute atomic E-state index is 12.5. The van der Waals surface area contributed by atoms with E-state index in [9.17, 15) is 9.59 Å². The smallest absolute Gasteiger partial charge is 0.307 e. The van der Waals surface area contributed by atoms with Gasteiger partial charge in [0.05, 0.1) is 31.2 Å². The van der Waals surface area contributed by atoms with Gasteiger partial charge in [-0.15, -0.1) is 0 Å². The number of likely N-dealkylation sites (N-methyl/N-ethyl adjacent to an activating group) is 1. The van der Waals surface area contributed by atoms with Gasteiger partial charge < -0.3 is 9.72 Å². The van der Waals surface area contributed by atoms with Crippen LogP contribution in [-0.2, 0) is 16.0 Å². The maximum Gasteiger partial charge on any atom is 0.307 e. The highest BCUT2D eigenvalue weighted by Crippen LogP contribution is 2.26. The molecular weight excluding hydrogens is 270 g/mol.